The first kappa shape index (κ1) is 18.3. The van der Waals surface area contributed by atoms with Gasteiger partial charge in [0.15, 0.2) is 11.6 Å². The number of amidine groups is 1. The van der Waals surface area contributed by atoms with Gasteiger partial charge in [-0.1, -0.05) is 32.1 Å². The zero-order valence-corrected chi connectivity index (χ0v) is 14.7. The summed E-state index contributed by atoms with van der Waals surface area (Å²) >= 11 is 0. The lowest BCUT2D eigenvalue weighted by molar-refractivity contribution is 0.166. The molecule has 1 aromatic carbocycles. The van der Waals surface area contributed by atoms with Crippen molar-refractivity contribution in [3.63, 3.8) is 0 Å². The predicted octanol–water partition coefficient (Wildman–Crippen LogP) is 5.75. The third kappa shape index (κ3) is 5.00. The zero-order valence-electron chi connectivity index (χ0n) is 14.7. The molecule has 138 valence electrons. The molecule has 2 fully saturated rings. The molecule has 0 heterocycles. The Morgan fingerprint density at radius 1 is 0.960 bits per heavy atom. The molecule has 25 heavy (non-hydrogen) atoms. The van der Waals surface area contributed by atoms with Gasteiger partial charge in [-0.15, -0.1) is 0 Å². The summed E-state index contributed by atoms with van der Waals surface area (Å²) in [6.45, 7) is 0. The van der Waals surface area contributed by atoms with Crippen LogP contribution in [0.25, 0.3) is 0 Å². The Morgan fingerprint density at radius 3 is 2.28 bits per heavy atom. The Morgan fingerprint density at radius 2 is 1.64 bits per heavy atom. The minimum Gasteiger partial charge on any atom is -0.290 e. The van der Waals surface area contributed by atoms with Gasteiger partial charge in [0.1, 0.15) is 5.84 Å². The van der Waals surface area contributed by atoms with Crippen LogP contribution in [0.3, 0.4) is 0 Å². The van der Waals surface area contributed by atoms with E-state index >= 15 is 0 Å². The van der Waals surface area contributed by atoms with Gasteiger partial charge in [0.25, 0.3) is 0 Å². The lowest BCUT2D eigenvalue weighted by Gasteiger charge is -2.35. The van der Waals surface area contributed by atoms with Crippen molar-refractivity contribution in [1.29, 1.82) is 0 Å². The van der Waals surface area contributed by atoms with Gasteiger partial charge in [-0.3, -0.25) is 10.7 Å². The van der Waals surface area contributed by atoms with Crippen LogP contribution in [0.15, 0.2) is 23.2 Å². The molecule has 0 amide bonds. The van der Waals surface area contributed by atoms with Crippen LogP contribution in [0.5, 0.6) is 0 Å². The molecule has 2 aliphatic carbocycles. The highest BCUT2D eigenvalue weighted by molar-refractivity contribution is 5.83. The fourth-order valence-corrected chi connectivity index (χ4v) is 4.57. The summed E-state index contributed by atoms with van der Waals surface area (Å²) in [6, 6.07) is 3.51. The Kier molecular flexibility index (Phi) is 6.40. The number of halogens is 2. The van der Waals surface area contributed by atoms with Gasteiger partial charge in [-0.05, 0) is 55.6 Å². The first-order valence-corrected chi connectivity index (χ1v) is 9.58. The van der Waals surface area contributed by atoms with E-state index in [1.165, 1.54) is 51.0 Å². The second-order valence-corrected chi connectivity index (χ2v) is 7.65. The highest BCUT2D eigenvalue weighted by Crippen LogP contribution is 2.40. The van der Waals surface area contributed by atoms with Crippen molar-refractivity contribution < 1.29 is 14.0 Å². The summed E-state index contributed by atoms with van der Waals surface area (Å²) in [6.07, 6.45) is 12.5. The molecule has 5 heteroatoms. The van der Waals surface area contributed by atoms with E-state index in [9.17, 15) is 14.0 Å². The normalized spacial score (nSPS) is 25.8. The van der Waals surface area contributed by atoms with Gasteiger partial charge < -0.3 is 0 Å². The first-order valence-electron chi connectivity index (χ1n) is 9.58. The summed E-state index contributed by atoms with van der Waals surface area (Å²) in [5, 5.41) is 9.35. The van der Waals surface area contributed by atoms with Crippen LogP contribution >= 0.6 is 0 Å². The van der Waals surface area contributed by atoms with E-state index in [0.29, 0.717) is 23.9 Å². The number of hydrogen-bond acceptors (Lipinski definition) is 2. The van der Waals surface area contributed by atoms with Crippen molar-refractivity contribution >= 4 is 11.5 Å². The van der Waals surface area contributed by atoms with Crippen LogP contribution in [0.1, 0.15) is 64.2 Å². The average molecular weight is 350 g/mol. The molecular formula is C20H28F2N2O. The van der Waals surface area contributed by atoms with Crippen LogP contribution < -0.4 is 5.48 Å². The highest BCUT2D eigenvalue weighted by atomic mass is 19.2. The molecule has 3 rings (SSSR count). The molecule has 3 nitrogen and oxygen atoms in total. The summed E-state index contributed by atoms with van der Waals surface area (Å²) in [4.78, 5) is 4.23. The van der Waals surface area contributed by atoms with Gasteiger partial charge >= 0.3 is 0 Å². The van der Waals surface area contributed by atoms with Gasteiger partial charge in [0, 0.05) is 12.5 Å². The minimum absolute atomic E-state index is 0.311. The third-order valence-corrected chi connectivity index (χ3v) is 5.99. The van der Waals surface area contributed by atoms with Crippen LogP contribution in [0.2, 0.25) is 0 Å². The molecule has 2 N–H and O–H groups in total. The maximum atomic E-state index is 13.3. The topological polar surface area (TPSA) is 44.6 Å². The van der Waals surface area contributed by atoms with E-state index in [2.05, 4.69) is 10.5 Å². The van der Waals surface area contributed by atoms with Crippen molar-refractivity contribution in [3.05, 3.63) is 29.8 Å². The molecule has 0 radical (unpaired) electrons. The number of hydrogen-bond donors (Lipinski definition) is 2. The van der Waals surface area contributed by atoms with Crippen LogP contribution in [0.4, 0.5) is 14.5 Å². The van der Waals surface area contributed by atoms with Gasteiger partial charge in [-0.25, -0.2) is 13.8 Å². The van der Waals surface area contributed by atoms with E-state index in [-0.39, 0.29) is 0 Å². The number of benzene rings is 1. The largest absolute Gasteiger partial charge is 0.290 e. The fourth-order valence-electron chi connectivity index (χ4n) is 4.57. The van der Waals surface area contributed by atoms with E-state index < -0.39 is 11.6 Å². The Labute approximate surface area is 148 Å². The maximum absolute atomic E-state index is 13.3. The van der Waals surface area contributed by atoms with Crippen molar-refractivity contribution in [2.24, 2.45) is 22.7 Å². The summed E-state index contributed by atoms with van der Waals surface area (Å²) in [7, 11) is 0. The number of aliphatic imine (C=N–C) groups is 1. The SMILES string of the molecule is ONC(CC1CCC(C2CCCCC2)CC1)=Nc1ccc(F)c(F)c1. The molecule has 0 bridgehead atoms. The van der Waals surface area contributed by atoms with Crippen molar-refractivity contribution in [2.45, 2.75) is 64.2 Å². The molecular weight excluding hydrogens is 322 g/mol. The zero-order chi connectivity index (χ0) is 17.6. The molecule has 0 atom stereocenters. The lowest BCUT2D eigenvalue weighted by Crippen LogP contribution is -2.27. The molecule has 2 saturated carbocycles. The van der Waals surface area contributed by atoms with Crippen LogP contribution in [-0.4, -0.2) is 11.0 Å². The standard InChI is InChI=1S/C20H28F2N2O/c21-18-11-10-17(13-19(18)22)23-20(24-25)12-14-6-8-16(9-7-14)15-4-2-1-3-5-15/h10-11,13-16,25H,1-9,12H2,(H,23,24). The Bertz CT molecular complexity index is 591. The molecule has 0 aliphatic heterocycles. The molecule has 0 aromatic heterocycles. The molecule has 0 saturated heterocycles. The lowest BCUT2D eigenvalue weighted by atomic mass is 9.70. The van der Waals surface area contributed by atoms with E-state index in [1.807, 2.05) is 0 Å². The molecule has 0 unspecified atom stereocenters. The maximum Gasteiger partial charge on any atom is 0.160 e. The van der Waals surface area contributed by atoms with Crippen molar-refractivity contribution in [1.82, 2.24) is 5.48 Å². The highest BCUT2D eigenvalue weighted by Gasteiger charge is 2.29. The number of rotatable bonds is 4. The quantitative estimate of drug-likeness (QED) is 0.412. The average Bonchev–Trinajstić information content (AvgIpc) is 2.65. The van der Waals surface area contributed by atoms with E-state index in [0.717, 1.165) is 36.8 Å². The summed E-state index contributed by atoms with van der Waals surface area (Å²) in [5.74, 6) is 0.881. The smallest absolute Gasteiger partial charge is 0.160 e. The number of nitrogens with zero attached hydrogens (tertiary/aromatic N) is 1. The fraction of sp³-hybridized carbons (Fsp3) is 0.650. The van der Waals surface area contributed by atoms with E-state index in [1.54, 1.807) is 0 Å². The van der Waals surface area contributed by atoms with Crippen LogP contribution in [-0.2, 0) is 0 Å². The van der Waals surface area contributed by atoms with Crippen molar-refractivity contribution in [2.75, 3.05) is 0 Å². The summed E-state index contributed by atoms with van der Waals surface area (Å²) in [5.41, 5.74) is 2.45. The second-order valence-electron chi connectivity index (χ2n) is 7.65. The first-order chi connectivity index (χ1) is 12.2. The molecule has 1 aromatic rings. The summed E-state index contributed by atoms with van der Waals surface area (Å²) < 4.78 is 26.3. The third-order valence-electron chi connectivity index (χ3n) is 5.99. The minimum atomic E-state index is -0.925. The molecule has 0 spiro atoms. The van der Waals surface area contributed by atoms with Gasteiger partial charge in [-0.2, -0.15) is 0 Å². The Balaban J connectivity index is 1.54. The second kappa shape index (κ2) is 8.75. The number of nitrogens with one attached hydrogen (secondary N) is 1. The Hall–Kier alpha value is -1.49. The monoisotopic (exact) mass is 350 g/mol. The predicted molar refractivity (Wildman–Crippen MR) is 95.0 cm³/mol. The van der Waals surface area contributed by atoms with Crippen molar-refractivity contribution in [3.8, 4) is 0 Å². The molecule has 2 aliphatic rings. The van der Waals surface area contributed by atoms with Gasteiger partial charge in [0.2, 0.25) is 0 Å². The number of hydroxylamine groups is 1. The van der Waals surface area contributed by atoms with E-state index in [4.69, 9.17) is 0 Å². The van der Waals surface area contributed by atoms with Crippen LogP contribution in [0, 0.1) is 29.4 Å². The van der Waals surface area contributed by atoms with Gasteiger partial charge in [0.05, 0.1) is 5.69 Å².